The lowest BCUT2D eigenvalue weighted by molar-refractivity contribution is 0.414. The van der Waals surface area contributed by atoms with Crippen LogP contribution >= 0.6 is 15.9 Å². The van der Waals surface area contributed by atoms with Gasteiger partial charge in [0.25, 0.3) is 0 Å². The number of nitrogens with one attached hydrogen (secondary N) is 1. The van der Waals surface area contributed by atoms with Crippen LogP contribution < -0.4 is 10.1 Å². The van der Waals surface area contributed by atoms with Crippen molar-refractivity contribution in [3.8, 4) is 5.75 Å². The van der Waals surface area contributed by atoms with Crippen LogP contribution in [0.5, 0.6) is 5.75 Å². The van der Waals surface area contributed by atoms with Gasteiger partial charge in [0.2, 0.25) is 0 Å². The zero-order valence-electron chi connectivity index (χ0n) is 12.8. The molecule has 2 aromatic carbocycles. The van der Waals surface area contributed by atoms with Crippen molar-refractivity contribution < 1.29 is 4.74 Å². The summed E-state index contributed by atoms with van der Waals surface area (Å²) >= 11 is 3.58. The highest BCUT2D eigenvalue weighted by Gasteiger charge is 2.14. The normalized spacial score (nSPS) is 12.2. The summed E-state index contributed by atoms with van der Waals surface area (Å²) in [4.78, 5) is 0. The van der Waals surface area contributed by atoms with Gasteiger partial charge in [-0.2, -0.15) is 0 Å². The minimum Gasteiger partial charge on any atom is -0.497 e. The van der Waals surface area contributed by atoms with Gasteiger partial charge in [0, 0.05) is 10.5 Å². The predicted molar refractivity (Wildman–Crippen MR) is 92.0 cm³/mol. The summed E-state index contributed by atoms with van der Waals surface area (Å²) in [7, 11) is 1.71. The second-order valence-corrected chi connectivity index (χ2v) is 6.08. The van der Waals surface area contributed by atoms with Crippen LogP contribution in [0.4, 0.5) is 0 Å². The molecule has 21 heavy (non-hydrogen) atoms. The fourth-order valence-corrected chi connectivity index (χ4v) is 2.94. The van der Waals surface area contributed by atoms with E-state index in [0.29, 0.717) is 6.04 Å². The van der Waals surface area contributed by atoms with Crippen molar-refractivity contribution in [1.29, 1.82) is 0 Å². The topological polar surface area (TPSA) is 21.3 Å². The Morgan fingerprint density at radius 1 is 1.19 bits per heavy atom. The van der Waals surface area contributed by atoms with Crippen LogP contribution in [0.25, 0.3) is 0 Å². The Hall–Kier alpha value is -1.32. The van der Waals surface area contributed by atoms with Crippen molar-refractivity contribution in [2.45, 2.75) is 26.3 Å². The van der Waals surface area contributed by atoms with Gasteiger partial charge in [-0.1, -0.05) is 41.1 Å². The first kappa shape index (κ1) is 16.1. The van der Waals surface area contributed by atoms with E-state index >= 15 is 0 Å². The fourth-order valence-electron chi connectivity index (χ4n) is 2.56. The highest BCUT2D eigenvalue weighted by Crippen LogP contribution is 2.26. The van der Waals surface area contributed by atoms with Gasteiger partial charge in [0.15, 0.2) is 0 Å². The zero-order chi connectivity index (χ0) is 15.2. The summed E-state index contributed by atoms with van der Waals surface area (Å²) in [6.07, 6.45) is 0.947. The van der Waals surface area contributed by atoms with Crippen molar-refractivity contribution in [3.63, 3.8) is 0 Å². The summed E-state index contributed by atoms with van der Waals surface area (Å²) < 4.78 is 6.44. The first-order chi connectivity index (χ1) is 10.1. The third-order valence-electron chi connectivity index (χ3n) is 3.64. The molecule has 2 aromatic rings. The van der Waals surface area contributed by atoms with E-state index < -0.39 is 0 Å². The summed E-state index contributed by atoms with van der Waals surface area (Å²) in [5.74, 6) is 0.911. The quantitative estimate of drug-likeness (QED) is 0.820. The SMILES string of the molecule is CCNC(Cc1cccc(OC)c1)c1cc(Br)ccc1C. The number of halogens is 1. The summed E-state index contributed by atoms with van der Waals surface area (Å²) in [5.41, 5.74) is 3.93. The van der Waals surface area contributed by atoms with E-state index in [-0.39, 0.29) is 0 Å². The van der Waals surface area contributed by atoms with E-state index in [1.807, 2.05) is 12.1 Å². The molecule has 0 aromatic heterocycles. The number of aryl methyl sites for hydroxylation is 1. The molecule has 2 nitrogen and oxygen atoms in total. The molecule has 0 aliphatic heterocycles. The molecule has 0 radical (unpaired) electrons. The lowest BCUT2D eigenvalue weighted by atomic mass is 9.95. The molecule has 2 rings (SSSR count). The largest absolute Gasteiger partial charge is 0.497 e. The minimum atomic E-state index is 0.305. The maximum absolute atomic E-state index is 5.32. The van der Waals surface area contributed by atoms with Gasteiger partial charge in [-0.05, 0) is 60.8 Å². The average Bonchev–Trinajstić information content (AvgIpc) is 2.49. The van der Waals surface area contributed by atoms with E-state index in [1.165, 1.54) is 16.7 Å². The number of rotatable bonds is 6. The summed E-state index contributed by atoms with van der Waals surface area (Å²) in [6, 6.07) is 15.1. The van der Waals surface area contributed by atoms with Gasteiger partial charge in [0.05, 0.1) is 7.11 Å². The third kappa shape index (κ3) is 4.32. The van der Waals surface area contributed by atoms with Crippen molar-refractivity contribution in [2.24, 2.45) is 0 Å². The van der Waals surface area contributed by atoms with Crippen LogP contribution in [0.1, 0.15) is 29.7 Å². The van der Waals surface area contributed by atoms with Crippen LogP contribution in [0, 0.1) is 6.92 Å². The van der Waals surface area contributed by atoms with Crippen LogP contribution in [-0.2, 0) is 6.42 Å². The Kier molecular flexibility index (Phi) is 5.83. The number of methoxy groups -OCH3 is 1. The lowest BCUT2D eigenvalue weighted by Gasteiger charge is -2.21. The number of ether oxygens (including phenoxy) is 1. The second-order valence-electron chi connectivity index (χ2n) is 5.17. The van der Waals surface area contributed by atoms with Crippen LogP contribution in [-0.4, -0.2) is 13.7 Å². The fraction of sp³-hybridized carbons (Fsp3) is 0.333. The number of likely N-dealkylation sites (N-methyl/N-ethyl adjacent to an activating group) is 1. The highest BCUT2D eigenvalue weighted by molar-refractivity contribution is 9.10. The van der Waals surface area contributed by atoms with Crippen molar-refractivity contribution >= 4 is 15.9 Å². The molecule has 0 amide bonds. The number of hydrogen-bond acceptors (Lipinski definition) is 2. The van der Waals surface area contributed by atoms with E-state index in [1.54, 1.807) is 7.11 Å². The lowest BCUT2D eigenvalue weighted by Crippen LogP contribution is -2.23. The Balaban J connectivity index is 2.28. The Morgan fingerprint density at radius 3 is 2.71 bits per heavy atom. The molecule has 112 valence electrons. The monoisotopic (exact) mass is 347 g/mol. The molecule has 0 saturated heterocycles. The minimum absolute atomic E-state index is 0.305. The van der Waals surface area contributed by atoms with Gasteiger partial charge in [-0.15, -0.1) is 0 Å². The smallest absolute Gasteiger partial charge is 0.119 e. The van der Waals surface area contributed by atoms with Gasteiger partial charge in [0.1, 0.15) is 5.75 Å². The Morgan fingerprint density at radius 2 is 2.00 bits per heavy atom. The van der Waals surface area contributed by atoms with Crippen LogP contribution in [0.3, 0.4) is 0 Å². The molecular weight excluding hydrogens is 326 g/mol. The van der Waals surface area contributed by atoms with Gasteiger partial charge in [-0.3, -0.25) is 0 Å². The first-order valence-electron chi connectivity index (χ1n) is 7.26. The van der Waals surface area contributed by atoms with E-state index in [0.717, 1.165) is 23.2 Å². The number of benzene rings is 2. The van der Waals surface area contributed by atoms with Crippen LogP contribution in [0.15, 0.2) is 46.9 Å². The molecule has 0 aliphatic carbocycles. The van der Waals surface area contributed by atoms with Crippen molar-refractivity contribution in [3.05, 3.63) is 63.6 Å². The molecule has 0 aliphatic rings. The third-order valence-corrected chi connectivity index (χ3v) is 4.13. The molecule has 0 fully saturated rings. The van der Waals surface area contributed by atoms with Gasteiger partial charge >= 0.3 is 0 Å². The van der Waals surface area contributed by atoms with E-state index in [2.05, 4.69) is 65.4 Å². The maximum Gasteiger partial charge on any atom is 0.119 e. The standard InChI is InChI=1S/C18H22BrNO/c1-4-20-18(17-12-15(19)9-8-13(17)2)11-14-6-5-7-16(10-14)21-3/h5-10,12,18,20H,4,11H2,1-3H3. The molecule has 1 N–H and O–H groups in total. The van der Waals surface area contributed by atoms with E-state index in [9.17, 15) is 0 Å². The number of hydrogen-bond donors (Lipinski definition) is 1. The average molecular weight is 348 g/mol. The predicted octanol–water partition coefficient (Wildman–Crippen LogP) is 4.66. The summed E-state index contributed by atoms with van der Waals surface area (Å²) in [6.45, 7) is 5.25. The second kappa shape index (κ2) is 7.62. The Bertz CT molecular complexity index is 598. The summed E-state index contributed by atoms with van der Waals surface area (Å²) in [5, 5.41) is 3.59. The molecule has 0 heterocycles. The molecule has 0 bridgehead atoms. The van der Waals surface area contributed by atoms with Crippen LogP contribution in [0.2, 0.25) is 0 Å². The Labute approximate surface area is 135 Å². The molecular formula is C18H22BrNO. The molecule has 1 unspecified atom stereocenters. The molecule has 0 saturated carbocycles. The molecule has 0 spiro atoms. The van der Waals surface area contributed by atoms with Crippen molar-refractivity contribution in [1.82, 2.24) is 5.32 Å². The van der Waals surface area contributed by atoms with Gasteiger partial charge in [-0.25, -0.2) is 0 Å². The van der Waals surface area contributed by atoms with E-state index in [4.69, 9.17) is 4.74 Å². The van der Waals surface area contributed by atoms with Crippen molar-refractivity contribution in [2.75, 3.05) is 13.7 Å². The van der Waals surface area contributed by atoms with Gasteiger partial charge < -0.3 is 10.1 Å². The maximum atomic E-state index is 5.32. The zero-order valence-corrected chi connectivity index (χ0v) is 14.4. The molecule has 1 atom stereocenters. The highest BCUT2D eigenvalue weighted by atomic mass is 79.9. The molecule has 3 heteroatoms. The first-order valence-corrected chi connectivity index (χ1v) is 8.05.